The van der Waals surface area contributed by atoms with Crippen molar-refractivity contribution in [2.24, 2.45) is 0 Å². The van der Waals surface area contributed by atoms with Gasteiger partial charge in [0, 0.05) is 27.9 Å². The van der Waals surface area contributed by atoms with Crippen LogP contribution in [-0.4, -0.2) is 37.0 Å². The van der Waals surface area contributed by atoms with Gasteiger partial charge in [-0.25, -0.2) is 0 Å². The van der Waals surface area contributed by atoms with Crippen LogP contribution in [-0.2, 0) is 24.1 Å². The van der Waals surface area contributed by atoms with Crippen LogP contribution in [0.25, 0.3) is 6.08 Å². The van der Waals surface area contributed by atoms with Gasteiger partial charge in [-0.15, -0.1) is 0 Å². The average Bonchev–Trinajstić information content (AvgIpc) is 2.49. The summed E-state index contributed by atoms with van der Waals surface area (Å²) in [4.78, 5) is 0. The number of aryl methyl sites for hydroxylation is 1. The third-order valence-corrected chi connectivity index (χ3v) is 4.91. The predicted molar refractivity (Wildman–Crippen MR) is 77.6 cm³/mol. The highest BCUT2D eigenvalue weighted by atomic mass is 28.4. The minimum atomic E-state index is -2.88. The quantitative estimate of drug-likeness (QED) is 0.515. The van der Waals surface area contributed by atoms with Gasteiger partial charge in [-0.05, 0) is 24.0 Å². The van der Waals surface area contributed by atoms with Crippen LogP contribution in [0.5, 0.6) is 0 Å². The summed E-state index contributed by atoms with van der Waals surface area (Å²) in [6.07, 6.45) is 3.67. The smallest absolute Gasteiger partial charge is 0.355 e. The van der Waals surface area contributed by atoms with E-state index in [1.54, 1.807) is 0 Å². The molecule has 0 radical (unpaired) electrons. The van der Waals surface area contributed by atoms with E-state index in [2.05, 4.69) is 30.8 Å². The molecule has 0 saturated carbocycles. The van der Waals surface area contributed by atoms with Gasteiger partial charge in [0.1, 0.15) is 0 Å². The molecule has 1 aromatic carbocycles. The predicted octanol–water partition coefficient (Wildman–Crippen LogP) is 2.65. The topological polar surface area (TPSA) is 36.9 Å². The standard InChI is InChI=1S/C14H22O4Si/c1-5-13-8-10-14(11-9-13)7-6-12-18-19(15-2,16-3)17-4/h5,8-11H,1,6-7,12H2,2-4H3. The van der Waals surface area contributed by atoms with E-state index in [-0.39, 0.29) is 0 Å². The molecule has 0 unspecified atom stereocenters. The zero-order chi connectivity index (χ0) is 14.1. The van der Waals surface area contributed by atoms with Crippen LogP contribution in [0.3, 0.4) is 0 Å². The van der Waals surface area contributed by atoms with Crippen molar-refractivity contribution in [1.29, 1.82) is 0 Å². The maximum absolute atomic E-state index is 5.60. The average molecular weight is 282 g/mol. The summed E-state index contributed by atoms with van der Waals surface area (Å²) in [5.41, 5.74) is 2.40. The third kappa shape index (κ3) is 4.89. The van der Waals surface area contributed by atoms with Gasteiger partial charge in [0.15, 0.2) is 0 Å². The molecule has 0 aliphatic heterocycles. The molecule has 0 bridgehead atoms. The van der Waals surface area contributed by atoms with Crippen molar-refractivity contribution in [2.45, 2.75) is 12.8 Å². The molecule has 0 amide bonds. The number of hydrogen-bond donors (Lipinski definition) is 0. The molecule has 1 rings (SSSR count). The molecule has 0 aromatic heterocycles. The molecule has 1 aromatic rings. The maximum Gasteiger partial charge on any atom is 0.678 e. The molecule has 106 valence electrons. The normalized spacial score (nSPS) is 11.5. The molecule has 0 atom stereocenters. The Labute approximate surface area is 116 Å². The van der Waals surface area contributed by atoms with Crippen molar-refractivity contribution in [3.8, 4) is 0 Å². The Morgan fingerprint density at radius 1 is 1.05 bits per heavy atom. The monoisotopic (exact) mass is 282 g/mol. The van der Waals surface area contributed by atoms with E-state index in [1.807, 2.05) is 6.08 Å². The lowest BCUT2D eigenvalue weighted by Crippen LogP contribution is -2.46. The van der Waals surface area contributed by atoms with Crippen LogP contribution in [0.4, 0.5) is 0 Å². The Morgan fingerprint density at radius 2 is 1.63 bits per heavy atom. The molecule has 0 saturated heterocycles. The van der Waals surface area contributed by atoms with Crippen molar-refractivity contribution in [3.63, 3.8) is 0 Å². The number of hydrogen-bond acceptors (Lipinski definition) is 4. The molecular formula is C14H22O4Si. The van der Waals surface area contributed by atoms with Gasteiger partial charge in [0.05, 0.1) is 0 Å². The molecule has 5 heteroatoms. The molecule has 0 fully saturated rings. The first-order valence-electron chi connectivity index (χ1n) is 6.20. The second-order valence-corrected chi connectivity index (χ2v) is 6.52. The van der Waals surface area contributed by atoms with E-state index in [4.69, 9.17) is 17.7 Å². The second kappa shape index (κ2) is 8.24. The molecule has 0 heterocycles. The summed E-state index contributed by atoms with van der Waals surface area (Å²) >= 11 is 0. The van der Waals surface area contributed by atoms with E-state index in [0.29, 0.717) is 6.61 Å². The van der Waals surface area contributed by atoms with Crippen molar-refractivity contribution in [1.82, 2.24) is 0 Å². The fourth-order valence-electron chi connectivity index (χ4n) is 1.72. The van der Waals surface area contributed by atoms with E-state index in [1.165, 1.54) is 26.9 Å². The summed E-state index contributed by atoms with van der Waals surface area (Å²) in [5.74, 6) is 0. The first kappa shape index (κ1) is 16.1. The van der Waals surface area contributed by atoms with Gasteiger partial charge in [-0.1, -0.05) is 36.9 Å². The van der Waals surface area contributed by atoms with Gasteiger partial charge in [-0.3, -0.25) is 0 Å². The van der Waals surface area contributed by atoms with Crippen molar-refractivity contribution >= 4 is 15.1 Å². The van der Waals surface area contributed by atoms with Crippen LogP contribution in [0.15, 0.2) is 30.8 Å². The Hall–Kier alpha value is -0.983. The molecular weight excluding hydrogens is 260 g/mol. The highest BCUT2D eigenvalue weighted by Crippen LogP contribution is 2.11. The summed E-state index contributed by atoms with van der Waals surface area (Å²) in [7, 11) is 1.72. The third-order valence-electron chi connectivity index (χ3n) is 2.85. The minimum absolute atomic E-state index is 0.547. The van der Waals surface area contributed by atoms with Gasteiger partial charge >= 0.3 is 9.05 Å². The molecule has 19 heavy (non-hydrogen) atoms. The SMILES string of the molecule is C=Cc1ccc(CCCO[Si](OC)(OC)OC)cc1. The van der Waals surface area contributed by atoms with Crippen molar-refractivity contribution < 1.29 is 17.7 Å². The van der Waals surface area contributed by atoms with E-state index < -0.39 is 9.05 Å². The van der Waals surface area contributed by atoms with E-state index in [0.717, 1.165) is 18.4 Å². The maximum atomic E-state index is 5.60. The van der Waals surface area contributed by atoms with Crippen molar-refractivity contribution in [2.75, 3.05) is 27.9 Å². The zero-order valence-corrected chi connectivity index (χ0v) is 12.8. The van der Waals surface area contributed by atoms with Gasteiger partial charge in [0.25, 0.3) is 0 Å². The van der Waals surface area contributed by atoms with Crippen LogP contribution in [0.1, 0.15) is 17.5 Å². The van der Waals surface area contributed by atoms with Gasteiger partial charge in [0.2, 0.25) is 0 Å². The van der Waals surface area contributed by atoms with Crippen LogP contribution in [0, 0.1) is 0 Å². The number of rotatable bonds is 9. The minimum Gasteiger partial charge on any atom is -0.355 e. The fraction of sp³-hybridized carbons (Fsp3) is 0.429. The van der Waals surface area contributed by atoms with E-state index in [9.17, 15) is 0 Å². The Balaban J connectivity index is 2.35. The van der Waals surface area contributed by atoms with Crippen molar-refractivity contribution in [3.05, 3.63) is 42.0 Å². The Morgan fingerprint density at radius 3 is 2.11 bits per heavy atom. The van der Waals surface area contributed by atoms with Crippen LogP contribution < -0.4 is 0 Å². The summed E-state index contributed by atoms with van der Waals surface area (Å²) in [5, 5.41) is 0. The largest absolute Gasteiger partial charge is 0.678 e. The molecule has 0 aliphatic carbocycles. The van der Waals surface area contributed by atoms with Gasteiger partial charge in [-0.2, -0.15) is 0 Å². The summed E-state index contributed by atoms with van der Waals surface area (Å²) < 4.78 is 21.1. The van der Waals surface area contributed by atoms with Crippen LogP contribution in [0.2, 0.25) is 0 Å². The molecule has 0 N–H and O–H groups in total. The zero-order valence-electron chi connectivity index (χ0n) is 11.8. The van der Waals surface area contributed by atoms with Gasteiger partial charge < -0.3 is 17.7 Å². The Bertz CT molecular complexity index is 365. The first-order valence-corrected chi connectivity index (χ1v) is 7.83. The summed E-state index contributed by atoms with van der Waals surface area (Å²) in [6.45, 7) is 4.28. The lowest BCUT2D eigenvalue weighted by atomic mass is 10.1. The molecule has 4 nitrogen and oxygen atoms in total. The number of benzene rings is 1. The van der Waals surface area contributed by atoms with Crippen LogP contribution >= 0.6 is 0 Å². The lowest BCUT2D eigenvalue weighted by Gasteiger charge is -2.22. The second-order valence-electron chi connectivity index (χ2n) is 4.01. The summed E-state index contributed by atoms with van der Waals surface area (Å²) in [6, 6.07) is 8.32. The van der Waals surface area contributed by atoms with E-state index >= 15 is 0 Å². The first-order chi connectivity index (χ1) is 9.19. The molecule has 0 spiro atoms. The lowest BCUT2D eigenvalue weighted by molar-refractivity contribution is 0.00544. The highest BCUT2D eigenvalue weighted by Gasteiger charge is 2.41. The fourth-order valence-corrected chi connectivity index (χ4v) is 2.97. The highest BCUT2D eigenvalue weighted by molar-refractivity contribution is 6.53. The Kier molecular flexibility index (Phi) is 6.97. The molecule has 0 aliphatic rings.